The molecule has 5 aromatic rings. The first-order chi connectivity index (χ1) is 19.1. The number of phenolic OH excluding ortho intramolecular Hbond substituents is 1. The number of fused-ring (bicyclic) bond motifs is 2. The zero-order valence-corrected chi connectivity index (χ0v) is 25.4. The van der Waals surface area contributed by atoms with Crippen LogP contribution in [-0.2, 0) is 11.9 Å². The SMILES string of the molecule is Oc1cc2ccccc2cc1/C1=N/N=C/c2cc(Br)ccc2[O][Sn]([CH2]c2ccccc2)([CH2]c2ccccc2)[O]1. The van der Waals surface area contributed by atoms with Gasteiger partial charge in [-0.25, -0.2) is 0 Å². The second kappa shape index (κ2) is 11.2. The number of aromatic hydroxyl groups is 1. The average Bonchev–Trinajstić information content (AvgIpc) is 3.01. The van der Waals surface area contributed by atoms with Crippen LogP contribution in [0, 0.1) is 0 Å². The molecule has 5 nitrogen and oxygen atoms in total. The second-order valence-electron chi connectivity index (χ2n) is 9.49. The van der Waals surface area contributed by atoms with Gasteiger partial charge < -0.3 is 0 Å². The predicted octanol–water partition coefficient (Wildman–Crippen LogP) is 7.50. The summed E-state index contributed by atoms with van der Waals surface area (Å²) in [5, 5.41) is 22.0. The maximum atomic E-state index is 11.1. The van der Waals surface area contributed by atoms with Crippen molar-refractivity contribution in [2.45, 2.75) is 8.87 Å². The summed E-state index contributed by atoms with van der Waals surface area (Å²) in [6.07, 6.45) is 1.68. The molecule has 0 unspecified atom stereocenters. The molecule has 39 heavy (non-hydrogen) atoms. The molecular formula is C32H25BrN2O3Sn. The Morgan fingerprint density at radius 2 is 1.31 bits per heavy atom. The minimum absolute atomic E-state index is 0.0850. The van der Waals surface area contributed by atoms with Gasteiger partial charge in [0, 0.05) is 0 Å². The standard InChI is InChI=1S/C18H13BrN2O3.2C7H7.Sn/c19-14-5-6-16(22)13(7-14)10-20-21-18(24)15-8-11-3-1-2-4-12(11)9-17(15)23;2*1-7-5-3-2-4-6-7;/h1-10,22-23H,(H,21,24);2*2-6H,1H2;/q;;;+2/p-2/b20-10+;;;. The van der Waals surface area contributed by atoms with Gasteiger partial charge in [-0.15, -0.1) is 0 Å². The van der Waals surface area contributed by atoms with Crippen molar-refractivity contribution in [2.75, 3.05) is 0 Å². The number of phenols is 1. The molecule has 6 rings (SSSR count). The van der Waals surface area contributed by atoms with Gasteiger partial charge in [-0.1, -0.05) is 0 Å². The summed E-state index contributed by atoms with van der Waals surface area (Å²) in [4.78, 5) is 0. The summed E-state index contributed by atoms with van der Waals surface area (Å²) in [5.74, 6) is 1.06. The predicted molar refractivity (Wildman–Crippen MR) is 162 cm³/mol. The van der Waals surface area contributed by atoms with Gasteiger partial charge in [0.2, 0.25) is 0 Å². The van der Waals surface area contributed by atoms with Crippen molar-refractivity contribution >= 4 is 58.0 Å². The van der Waals surface area contributed by atoms with Crippen LogP contribution in [0.15, 0.2) is 130 Å². The van der Waals surface area contributed by atoms with Gasteiger partial charge in [0.25, 0.3) is 0 Å². The first-order valence-electron chi connectivity index (χ1n) is 12.7. The molecule has 0 aromatic heterocycles. The van der Waals surface area contributed by atoms with Crippen LogP contribution < -0.4 is 3.07 Å². The fraction of sp³-hybridized carbons (Fsp3) is 0.0625. The number of benzene rings is 5. The van der Waals surface area contributed by atoms with Gasteiger partial charge in [0.15, 0.2) is 0 Å². The Hall–Kier alpha value is -3.62. The van der Waals surface area contributed by atoms with Crippen molar-refractivity contribution in [3.63, 3.8) is 0 Å². The van der Waals surface area contributed by atoms with E-state index in [4.69, 9.17) is 6.15 Å². The molecule has 5 aromatic carbocycles. The molecule has 1 heterocycles. The van der Waals surface area contributed by atoms with Crippen LogP contribution in [0.1, 0.15) is 22.3 Å². The molecular weight excluding hydrogens is 659 g/mol. The molecule has 0 saturated heterocycles. The van der Waals surface area contributed by atoms with Crippen LogP contribution in [0.25, 0.3) is 10.8 Å². The monoisotopic (exact) mass is 684 g/mol. The van der Waals surface area contributed by atoms with E-state index in [9.17, 15) is 5.11 Å². The Kier molecular flexibility index (Phi) is 7.39. The molecule has 0 atom stereocenters. The molecule has 192 valence electrons. The van der Waals surface area contributed by atoms with Crippen molar-refractivity contribution in [1.29, 1.82) is 0 Å². The zero-order chi connectivity index (χ0) is 26.7. The van der Waals surface area contributed by atoms with Crippen LogP contribution >= 0.6 is 15.9 Å². The van der Waals surface area contributed by atoms with E-state index in [1.54, 1.807) is 12.3 Å². The van der Waals surface area contributed by atoms with Gasteiger partial charge in [-0.3, -0.25) is 0 Å². The summed E-state index contributed by atoms with van der Waals surface area (Å²) >= 11 is -0.678. The minimum atomic E-state index is -4.25. The number of hydrogen-bond donors (Lipinski definition) is 1. The van der Waals surface area contributed by atoms with Gasteiger partial charge in [0.1, 0.15) is 0 Å². The topological polar surface area (TPSA) is 63.4 Å². The zero-order valence-electron chi connectivity index (χ0n) is 21.0. The van der Waals surface area contributed by atoms with E-state index in [1.807, 2.05) is 84.9 Å². The van der Waals surface area contributed by atoms with Crippen molar-refractivity contribution in [1.82, 2.24) is 0 Å². The Balaban J connectivity index is 1.55. The second-order valence-corrected chi connectivity index (χ2v) is 18.8. The number of rotatable bonds is 5. The third-order valence-electron chi connectivity index (χ3n) is 6.62. The van der Waals surface area contributed by atoms with Crippen LogP contribution in [0.2, 0.25) is 0 Å². The molecule has 7 heteroatoms. The van der Waals surface area contributed by atoms with Crippen molar-refractivity contribution < 1.29 is 11.3 Å². The summed E-state index contributed by atoms with van der Waals surface area (Å²) in [6, 6.07) is 38.0. The van der Waals surface area contributed by atoms with E-state index in [0.717, 1.165) is 31.9 Å². The van der Waals surface area contributed by atoms with Crippen molar-refractivity contribution in [3.05, 3.63) is 142 Å². The fourth-order valence-electron chi connectivity index (χ4n) is 4.80. The van der Waals surface area contributed by atoms with Gasteiger partial charge in [0.05, 0.1) is 0 Å². The van der Waals surface area contributed by atoms with Gasteiger partial charge >= 0.3 is 242 Å². The van der Waals surface area contributed by atoms with E-state index < -0.39 is 19.2 Å². The molecule has 0 amide bonds. The quantitative estimate of drug-likeness (QED) is 0.195. The third-order valence-corrected chi connectivity index (χ3v) is 15.8. The summed E-state index contributed by atoms with van der Waals surface area (Å²) in [6.45, 7) is 0. The fourth-order valence-corrected chi connectivity index (χ4v) is 14.5. The van der Waals surface area contributed by atoms with Crippen molar-refractivity contribution in [3.8, 4) is 11.5 Å². The number of hydrogen-bond acceptors (Lipinski definition) is 5. The first-order valence-corrected chi connectivity index (χ1v) is 19.8. The normalized spacial score (nSPS) is 16.4. The Morgan fingerprint density at radius 3 is 1.97 bits per heavy atom. The van der Waals surface area contributed by atoms with E-state index in [1.165, 1.54) is 0 Å². The van der Waals surface area contributed by atoms with Crippen LogP contribution in [0.3, 0.4) is 0 Å². The summed E-state index contributed by atoms with van der Waals surface area (Å²) < 4.78 is 16.3. The molecule has 0 aliphatic carbocycles. The third kappa shape index (κ3) is 5.87. The van der Waals surface area contributed by atoms with Crippen molar-refractivity contribution in [2.24, 2.45) is 10.2 Å². The number of nitrogens with zero attached hydrogens (tertiary/aromatic N) is 2. The first kappa shape index (κ1) is 25.6. The van der Waals surface area contributed by atoms with E-state index >= 15 is 0 Å². The molecule has 0 bridgehead atoms. The maximum absolute atomic E-state index is 11.1. The molecule has 0 spiro atoms. The average molecular weight is 684 g/mol. The molecule has 0 saturated carbocycles. The molecule has 1 aliphatic rings. The van der Waals surface area contributed by atoms with E-state index in [2.05, 4.69) is 50.4 Å². The van der Waals surface area contributed by atoms with Crippen LogP contribution in [0.5, 0.6) is 11.5 Å². The van der Waals surface area contributed by atoms with Crippen LogP contribution in [-0.4, -0.2) is 36.4 Å². The van der Waals surface area contributed by atoms with Crippen LogP contribution in [0.4, 0.5) is 0 Å². The Labute approximate surface area is 240 Å². The molecule has 1 aliphatic heterocycles. The summed E-state index contributed by atoms with van der Waals surface area (Å²) in [7, 11) is 0. The molecule has 0 fully saturated rings. The Morgan fingerprint density at radius 1 is 0.692 bits per heavy atom. The molecule has 1 N–H and O–H groups in total. The Bertz CT molecular complexity index is 1650. The van der Waals surface area contributed by atoms with E-state index in [-0.39, 0.29) is 11.6 Å². The van der Waals surface area contributed by atoms with E-state index in [0.29, 0.717) is 20.2 Å². The van der Waals surface area contributed by atoms with Gasteiger partial charge in [-0.05, 0) is 0 Å². The molecule has 0 radical (unpaired) electrons. The number of halogens is 1. The summed E-state index contributed by atoms with van der Waals surface area (Å²) in [5.41, 5.74) is 3.56. The van der Waals surface area contributed by atoms with Gasteiger partial charge in [-0.2, -0.15) is 0 Å².